The van der Waals surface area contributed by atoms with E-state index >= 15 is 0 Å². The van der Waals surface area contributed by atoms with Crippen molar-refractivity contribution in [1.29, 1.82) is 0 Å². The second-order valence-electron chi connectivity index (χ2n) is 17.6. The number of non-ortho nitro benzene ring substituents is 1. The lowest BCUT2D eigenvalue weighted by molar-refractivity contribution is -0.384. The molecule has 1 amide bonds. The smallest absolute Gasteiger partial charge is 0.330 e. The van der Waals surface area contributed by atoms with Crippen molar-refractivity contribution in [3.05, 3.63) is 119 Å². The third-order valence-electron chi connectivity index (χ3n) is 12.0. The van der Waals surface area contributed by atoms with Gasteiger partial charge in [0.05, 0.1) is 54.3 Å². The second-order valence-corrected chi connectivity index (χ2v) is 19.0. The van der Waals surface area contributed by atoms with Gasteiger partial charge in [0.2, 0.25) is 12.5 Å². The molecule has 1 saturated heterocycles. The molecule has 72 heavy (non-hydrogen) atoms. The molecule has 382 valence electrons. The molecule has 4 heterocycles. The van der Waals surface area contributed by atoms with Gasteiger partial charge in [-0.3, -0.25) is 29.3 Å². The number of azo groups is 2. The van der Waals surface area contributed by atoms with Gasteiger partial charge in [0.1, 0.15) is 36.6 Å². The van der Waals surface area contributed by atoms with E-state index in [0.29, 0.717) is 39.8 Å². The van der Waals surface area contributed by atoms with Crippen molar-refractivity contribution in [3.63, 3.8) is 0 Å². The number of H-pyrrole nitrogens is 1. The predicted molar refractivity (Wildman–Crippen MR) is 270 cm³/mol. The van der Waals surface area contributed by atoms with Crippen molar-refractivity contribution in [1.82, 2.24) is 19.5 Å². The Morgan fingerprint density at radius 2 is 1.82 bits per heavy atom. The number of hydrogen-bond acceptors (Lipinski definition) is 17. The molecule has 3 aliphatic heterocycles. The zero-order valence-corrected chi connectivity index (χ0v) is 41.7. The number of aliphatic hydroxyl groups excluding tert-OH is 1. The lowest BCUT2D eigenvalue weighted by Crippen LogP contribution is -2.35. The zero-order chi connectivity index (χ0) is 52.2. The van der Waals surface area contributed by atoms with E-state index < -0.39 is 55.6 Å². The number of aromatic amines is 1. The van der Waals surface area contributed by atoms with Crippen LogP contribution < -0.4 is 30.9 Å². The summed E-state index contributed by atoms with van der Waals surface area (Å²) in [5.74, 6) is 0.308. The van der Waals surface area contributed by atoms with Crippen LogP contribution in [0.1, 0.15) is 83.7 Å². The van der Waals surface area contributed by atoms with Crippen LogP contribution in [0.4, 0.5) is 34.1 Å². The largest absolute Gasteiger partial charge is 0.494 e. The molecule has 22 nitrogen and oxygen atoms in total. The highest BCUT2D eigenvalue weighted by atomic mass is 31.2. The van der Waals surface area contributed by atoms with E-state index in [1.165, 1.54) is 54.3 Å². The van der Waals surface area contributed by atoms with Crippen LogP contribution in [0, 0.1) is 16.7 Å². The first kappa shape index (κ1) is 51.6. The van der Waals surface area contributed by atoms with Crippen molar-refractivity contribution >= 4 is 54.6 Å². The Balaban J connectivity index is 1.04. The highest BCUT2D eigenvalue weighted by molar-refractivity contribution is 7.44. The number of nitrogens with one attached hydrogen (secondary N) is 2. The van der Waals surface area contributed by atoms with Gasteiger partial charge < -0.3 is 43.4 Å². The molecule has 3 N–H and O–H groups in total. The number of nitro benzene ring substituents is 1. The van der Waals surface area contributed by atoms with Crippen molar-refractivity contribution in [2.75, 3.05) is 51.4 Å². The van der Waals surface area contributed by atoms with Gasteiger partial charge in [-0.05, 0) is 96.2 Å². The fraction of sp³-hybridized carbons (Fsp3) is 0.469. The molecule has 23 heteroatoms. The zero-order valence-electron chi connectivity index (χ0n) is 41.9. The van der Waals surface area contributed by atoms with Crippen LogP contribution in [0.2, 0.25) is 0 Å². The van der Waals surface area contributed by atoms with Gasteiger partial charge in [0.25, 0.3) is 19.8 Å². The van der Waals surface area contributed by atoms with Crippen LogP contribution in [-0.4, -0.2) is 101 Å². The topological polar surface area (TPSA) is 254 Å². The number of hydrogen-bond donors (Lipinski definition) is 3. The molecular weight excluding hydrogens is 950 g/mol. The molecular formula is C49H60N11O11P. The van der Waals surface area contributed by atoms with Gasteiger partial charge in [0, 0.05) is 80.3 Å². The van der Waals surface area contributed by atoms with Gasteiger partial charge >= 0.3 is 5.69 Å². The monoisotopic (exact) mass is 1010 g/mol. The number of ether oxygens (including phenoxy) is 3. The van der Waals surface area contributed by atoms with Crippen molar-refractivity contribution in [2.45, 2.75) is 104 Å². The Kier molecular flexibility index (Phi) is 17.6. The second kappa shape index (κ2) is 24.6. The van der Waals surface area contributed by atoms with Crippen LogP contribution in [0.5, 0.6) is 11.5 Å². The van der Waals surface area contributed by atoms with E-state index in [2.05, 4.69) is 45.2 Å². The summed E-state index contributed by atoms with van der Waals surface area (Å²) in [6, 6.07) is 10.8. The molecule has 0 radical (unpaired) electrons. The summed E-state index contributed by atoms with van der Waals surface area (Å²) < 4.78 is 42.3. The summed E-state index contributed by atoms with van der Waals surface area (Å²) in [6.45, 7) is 17.0. The minimum Gasteiger partial charge on any atom is -0.494 e. The normalized spacial score (nSPS) is 18.3. The SMILES string of the molecule is [2H]C[C@H]1O[C@@H](n2cc(/C=C/C(=O)NCCOc3c(/N=N/c4cc(CO)c(/N=N/c5ccc([N+](=O)[O-])cc5)cc4OC)cc4c5c3CCCN5CCC4)c(=O)[nH]c2=O)CC1OP(OCC[N+]#[C-])N(C(C)C)C(C)C. The van der Waals surface area contributed by atoms with E-state index in [9.17, 15) is 29.6 Å². The number of nitro groups is 1. The first-order valence-corrected chi connectivity index (χ1v) is 24.8. The Morgan fingerprint density at radius 3 is 2.51 bits per heavy atom. The molecule has 2 unspecified atom stereocenters. The van der Waals surface area contributed by atoms with Gasteiger partial charge in [-0.25, -0.2) is 16.0 Å². The number of carbonyl (C=O) groups is 1. The average Bonchev–Trinajstić information content (AvgIpc) is 3.78. The number of benzene rings is 3. The fourth-order valence-corrected chi connectivity index (χ4v) is 10.5. The number of methoxy groups -OCH3 is 1. The molecule has 4 aromatic rings. The number of anilines is 1. The highest BCUT2D eigenvalue weighted by Gasteiger charge is 2.40. The predicted octanol–water partition coefficient (Wildman–Crippen LogP) is 8.66. The van der Waals surface area contributed by atoms with E-state index in [4.69, 9.17) is 31.2 Å². The maximum atomic E-state index is 13.2. The van der Waals surface area contributed by atoms with Crippen molar-refractivity contribution in [3.8, 4) is 11.5 Å². The van der Waals surface area contributed by atoms with Crippen LogP contribution >= 0.6 is 8.53 Å². The Labute approximate surface area is 419 Å². The summed E-state index contributed by atoms with van der Waals surface area (Å²) in [7, 11) is -0.184. The molecule has 1 aromatic heterocycles. The Hall–Kier alpha value is -6.73. The minimum atomic E-state index is -1.65. The minimum absolute atomic E-state index is 0.0219. The Bertz CT molecular complexity index is 2860. The number of aryl methyl sites for hydroxylation is 1. The molecule has 0 spiro atoms. The van der Waals surface area contributed by atoms with Gasteiger partial charge in [-0.1, -0.05) is 0 Å². The standard InChI is InChI=1S/C49H60N11O11P/c1-30(2)59(31(3)4)72(69-23-18-50-6)71-42-27-45(70-32(42)5)58-28-34(48(63)52-49(58)64)12-17-44(62)51-19-22-68-47-38-11-9-21-57-20-8-10-33(46(38)57)24-41(47)56-55-40-25-35(29-61)39(26-43(40)67-7)54-53-36-13-15-37(16-14-36)60(65)66/h12-17,24-26,28,30-32,42,45,61H,8-11,18-23,27,29H2,1-5,7H3,(H,51,62)(H,52,63,64)/b17-12+,54-53+,56-55+/t32-,42?,45-,72?/m1/s1/i5D. The molecule has 7 rings (SSSR count). The average molecular weight is 1010 g/mol. The number of rotatable bonds is 22. The number of aromatic nitrogens is 2. The quantitative estimate of drug-likeness (QED) is 0.0127. The van der Waals surface area contributed by atoms with Gasteiger partial charge in [-0.2, -0.15) is 10.2 Å². The fourth-order valence-electron chi connectivity index (χ4n) is 8.75. The molecule has 4 atom stereocenters. The summed E-state index contributed by atoms with van der Waals surface area (Å²) in [6.07, 6.45) is 5.23. The van der Waals surface area contributed by atoms with E-state index in [-0.39, 0.29) is 63.0 Å². The summed E-state index contributed by atoms with van der Waals surface area (Å²) in [5, 5.41) is 41.8. The first-order valence-electron chi connectivity index (χ1n) is 24.4. The van der Waals surface area contributed by atoms with Crippen molar-refractivity contribution < 1.29 is 39.5 Å². The van der Waals surface area contributed by atoms with E-state index in [0.717, 1.165) is 55.6 Å². The summed E-state index contributed by atoms with van der Waals surface area (Å²) >= 11 is 0. The summed E-state index contributed by atoms with van der Waals surface area (Å²) in [5.41, 5.74) is 3.61. The molecule has 0 aliphatic carbocycles. The third-order valence-corrected chi connectivity index (χ3v) is 14.2. The third kappa shape index (κ3) is 12.8. The van der Waals surface area contributed by atoms with Crippen LogP contribution in [0.3, 0.4) is 0 Å². The van der Waals surface area contributed by atoms with Gasteiger partial charge in [0.15, 0.2) is 5.75 Å². The van der Waals surface area contributed by atoms with Crippen LogP contribution in [0.15, 0.2) is 84.8 Å². The highest BCUT2D eigenvalue weighted by Crippen LogP contribution is 2.50. The Morgan fingerprint density at radius 1 is 1.08 bits per heavy atom. The molecule has 0 bridgehead atoms. The molecule has 0 saturated carbocycles. The maximum absolute atomic E-state index is 13.2. The number of amides is 1. The number of nitrogens with zero attached hydrogens (tertiary/aromatic N) is 9. The van der Waals surface area contributed by atoms with Gasteiger partial charge in [-0.15, -0.1) is 10.2 Å². The first-order chi connectivity index (χ1) is 35.2. The molecule has 3 aromatic carbocycles. The lowest BCUT2D eigenvalue weighted by atomic mass is 9.90. The van der Waals surface area contributed by atoms with Crippen molar-refractivity contribution in [2.24, 2.45) is 20.5 Å². The van der Waals surface area contributed by atoms with E-state index in [1.54, 1.807) is 12.1 Å². The molecule has 1 fully saturated rings. The van der Waals surface area contributed by atoms with Crippen LogP contribution in [-0.2, 0) is 38.0 Å². The van der Waals surface area contributed by atoms with E-state index in [1.807, 2.05) is 33.8 Å². The van der Waals surface area contributed by atoms with Crippen LogP contribution in [0.25, 0.3) is 10.9 Å². The number of aliphatic hydroxyl groups is 1. The summed E-state index contributed by atoms with van der Waals surface area (Å²) in [4.78, 5) is 57.9. The molecule has 3 aliphatic rings. The lowest BCUT2D eigenvalue weighted by Gasteiger charge is -2.37. The maximum Gasteiger partial charge on any atom is 0.330 e. The number of carbonyl (C=O) groups excluding carboxylic acids is 1.